The third-order valence-electron chi connectivity index (χ3n) is 3.24. The minimum Gasteiger partial charge on any atom is -0.467 e. The van der Waals surface area contributed by atoms with E-state index in [0.717, 1.165) is 0 Å². The Hall–Kier alpha value is -2.44. The Morgan fingerprint density at radius 3 is 2.28 bits per heavy atom. The average molecular weight is 353 g/mol. The number of hydrogen-bond acceptors (Lipinski definition) is 5. The molecule has 0 aliphatic rings. The molecule has 0 aromatic heterocycles. The second-order valence-electron chi connectivity index (χ2n) is 6.54. The lowest BCUT2D eigenvalue weighted by atomic mass is 10.0. The van der Waals surface area contributed by atoms with E-state index < -0.39 is 29.5 Å². The number of esters is 1. The molecule has 0 fully saturated rings. The molecule has 1 rings (SSSR count). The number of Topliss-reactive ketones (excluding diaryl/α,β-unsaturated/α-hetero) is 1. The predicted octanol–water partition coefficient (Wildman–Crippen LogP) is 3.25. The Kier molecular flexibility index (Phi) is 7.54. The van der Waals surface area contributed by atoms with Crippen molar-refractivity contribution in [1.82, 2.24) is 5.32 Å². The average Bonchev–Trinajstić information content (AvgIpc) is 2.51. The van der Waals surface area contributed by atoms with Crippen LogP contribution in [0.4, 0.5) is 9.18 Å². The number of carbonyl (C=O) groups is 3. The van der Waals surface area contributed by atoms with Gasteiger partial charge in [0.25, 0.3) is 0 Å². The van der Waals surface area contributed by atoms with Crippen molar-refractivity contribution < 1.29 is 28.2 Å². The van der Waals surface area contributed by atoms with Gasteiger partial charge in [0.1, 0.15) is 17.5 Å². The van der Waals surface area contributed by atoms with E-state index in [2.05, 4.69) is 10.1 Å². The van der Waals surface area contributed by atoms with Gasteiger partial charge < -0.3 is 14.8 Å². The highest BCUT2D eigenvalue weighted by atomic mass is 19.1. The lowest BCUT2D eigenvalue weighted by Crippen LogP contribution is -2.44. The van der Waals surface area contributed by atoms with Gasteiger partial charge in [-0.3, -0.25) is 4.79 Å². The zero-order chi connectivity index (χ0) is 19.0. The molecule has 1 aromatic rings. The molecule has 25 heavy (non-hydrogen) atoms. The Morgan fingerprint density at radius 1 is 1.16 bits per heavy atom. The summed E-state index contributed by atoms with van der Waals surface area (Å²) in [5.74, 6) is -1.19. The third-order valence-corrected chi connectivity index (χ3v) is 3.24. The minimum atomic E-state index is -0.902. The van der Waals surface area contributed by atoms with E-state index >= 15 is 0 Å². The number of benzene rings is 1. The van der Waals surface area contributed by atoms with E-state index in [4.69, 9.17) is 4.74 Å². The Morgan fingerprint density at radius 2 is 1.76 bits per heavy atom. The molecular formula is C18H24FNO5. The van der Waals surface area contributed by atoms with E-state index in [-0.39, 0.29) is 18.6 Å². The number of hydrogen-bond donors (Lipinski definition) is 1. The number of ketones is 1. The van der Waals surface area contributed by atoms with E-state index in [0.29, 0.717) is 12.0 Å². The molecule has 138 valence electrons. The molecule has 0 aliphatic carbocycles. The first-order valence-corrected chi connectivity index (χ1v) is 7.98. The molecule has 0 saturated carbocycles. The monoisotopic (exact) mass is 353 g/mol. The van der Waals surface area contributed by atoms with Crippen LogP contribution in [0.3, 0.4) is 0 Å². The van der Waals surface area contributed by atoms with Crippen LogP contribution in [-0.2, 0) is 14.3 Å². The highest BCUT2D eigenvalue weighted by molar-refractivity contribution is 5.96. The van der Waals surface area contributed by atoms with Gasteiger partial charge >= 0.3 is 12.1 Å². The van der Waals surface area contributed by atoms with Gasteiger partial charge in [-0.25, -0.2) is 14.0 Å². The first kappa shape index (κ1) is 20.6. The molecule has 0 saturated heterocycles. The lowest BCUT2D eigenvalue weighted by Gasteiger charge is -2.22. The van der Waals surface area contributed by atoms with E-state index in [9.17, 15) is 18.8 Å². The quantitative estimate of drug-likeness (QED) is 0.601. The normalized spacial score (nSPS) is 12.2. The smallest absolute Gasteiger partial charge is 0.408 e. The summed E-state index contributed by atoms with van der Waals surface area (Å²) in [4.78, 5) is 35.6. The van der Waals surface area contributed by atoms with E-state index in [1.165, 1.54) is 31.4 Å². The molecule has 1 aromatic carbocycles. The van der Waals surface area contributed by atoms with Crippen molar-refractivity contribution in [2.45, 2.75) is 51.7 Å². The molecule has 0 radical (unpaired) electrons. The van der Waals surface area contributed by atoms with E-state index in [1.54, 1.807) is 20.8 Å². The van der Waals surface area contributed by atoms with Crippen LogP contribution in [0.15, 0.2) is 24.3 Å². The van der Waals surface area contributed by atoms with Crippen molar-refractivity contribution in [2.75, 3.05) is 7.11 Å². The van der Waals surface area contributed by atoms with Gasteiger partial charge in [-0.1, -0.05) is 0 Å². The Balaban J connectivity index is 2.55. The maximum absolute atomic E-state index is 12.9. The molecule has 0 unspecified atom stereocenters. The number of rotatable bonds is 7. The Bertz CT molecular complexity index is 607. The van der Waals surface area contributed by atoms with Gasteiger partial charge in [-0.15, -0.1) is 0 Å². The molecule has 7 heteroatoms. The fourth-order valence-corrected chi connectivity index (χ4v) is 2.09. The van der Waals surface area contributed by atoms with Crippen molar-refractivity contribution in [3.05, 3.63) is 35.6 Å². The third kappa shape index (κ3) is 7.78. The van der Waals surface area contributed by atoms with Crippen LogP contribution in [0, 0.1) is 5.82 Å². The second-order valence-corrected chi connectivity index (χ2v) is 6.54. The molecule has 1 atom stereocenters. The van der Waals surface area contributed by atoms with Gasteiger partial charge in [0.15, 0.2) is 5.78 Å². The van der Waals surface area contributed by atoms with Gasteiger partial charge in [-0.2, -0.15) is 0 Å². The van der Waals surface area contributed by atoms with Crippen molar-refractivity contribution in [3.63, 3.8) is 0 Å². The van der Waals surface area contributed by atoms with Crippen molar-refractivity contribution in [1.29, 1.82) is 0 Å². The van der Waals surface area contributed by atoms with Crippen molar-refractivity contribution in [2.24, 2.45) is 0 Å². The number of methoxy groups -OCH3 is 1. The van der Waals surface area contributed by atoms with Crippen LogP contribution in [0.25, 0.3) is 0 Å². The van der Waals surface area contributed by atoms with Crippen LogP contribution in [-0.4, -0.2) is 36.6 Å². The van der Waals surface area contributed by atoms with Gasteiger partial charge in [0, 0.05) is 12.0 Å². The lowest BCUT2D eigenvalue weighted by molar-refractivity contribution is -0.143. The van der Waals surface area contributed by atoms with Crippen LogP contribution in [0.5, 0.6) is 0 Å². The fourth-order valence-electron chi connectivity index (χ4n) is 2.09. The molecule has 0 spiro atoms. The van der Waals surface area contributed by atoms with Crippen LogP contribution < -0.4 is 5.32 Å². The predicted molar refractivity (Wildman–Crippen MR) is 89.8 cm³/mol. The standard InChI is InChI=1S/C18H24FNO5/c1-18(2,3)25-17(23)20-14(16(22)24-4)6-5-7-15(21)12-8-10-13(19)11-9-12/h8-11,14H,5-7H2,1-4H3,(H,20,23)/t14-/m1/s1. The minimum absolute atomic E-state index is 0.162. The number of alkyl carbamates (subject to hydrolysis) is 1. The van der Waals surface area contributed by atoms with Gasteiger partial charge in [-0.05, 0) is 57.9 Å². The molecule has 1 N–H and O–H groups in total. The highest BCUT2D eigenvalue weighted by Gasteiger charge is 2.25. The summed E-state index contributed by atoms with van der Waals surface area (Å²) in [5, 5.41) is 2.45. The molecule has 0 heterocycles. The van der Waals surface area contributed by atoms with Crippen LogP contribution in [0.2, 0.25) is 0 Å². The molecule has 0 bridgehead atoms. The first-order valence-electron chi connectivity index (χ1n) is 7.98. The number of amides is 1. The Labute approximate surface area is 146 Å². The van der Waals surface area contributed by atoms with Crippen LogP contribution >= 0.6 is 0 Å². The summed E-state index contributed by atoms with van der Waals surface area (Å²) in [7, 11) is 1.22. The summed E-state index contributed by atoms with van der Waals surface area (Å²) < 4.78 is 22.6. The SMILES string of the molecule is COC(=O)[C@@H](CCCC(=O)c1ccc(F)cc1)NC(=O)OC(C)(C)C. The number of ether oxygens (including phenoxy) is 2. The summed E-state index contributed by atoms with van der Waals surface area (Å²) >= 11 is 0. The summed E-state index contributed by atoms with van der Waals surface area (Å²) in [6, 6.07) is 4.35. The highest BCUT2D eigenvalue weighted by Crippen LogP contribution is 2.12. The van der Waals surface area contributed by atoms with Crippen LogP contribution in [0.1, 0.15) is 50.4 Å². The van der Waals surface area contributed by atoms with Crippen molar-refractivity contribution in [3.8, 4) is 0 Å². The second kappa shape index (κ2) is 9.15. The summed E-state index contributed by atoms with van der Waals surface area (Å²) in [6.45, 7) is 5.13. The van der Waals surface area contributed by atoms with E-state index in [1.807, 2.05) is 0 Å². The fraction of sp³-hybridized carbons (Fsp3) is 0.500. The maximum Gasteiger partial charge on any atom is 0.408 e. The molecule has 0 aliphatic heterocycles. The molecule has 6 nitrogen and oxygen atoms in total. The first-order chi connectivity index (χ1) is 11.6. The summed E-state index contributed by atoms with van der Waals surface area (Å²) in [6.07, 6.45) is 0.00694. The summed E-state index contributed by atoms with van der Waals surface area (Å²) in [5.41, 5.74) is -0.292. The number of halogens is 1. The maximum atomic E-state index is 12.9. The van der Waals surface area contributed by atoms with Gasteiger partial charge in [0.2, 0.25) is 0 Å². The number of nitrogens with one attached hydrogen (secondary N) is 1. The largest absolute Gasteiger partial charge is 0.467 e. The zero-order valence-corrected chi connectivity index (χ0v) is 14.9. The molecular weight excluding hydrogens is 329 g/mol. The topological polar surface area (TPSA) is 81.7 Å². The van der Waals surface area contributed by atoms with Gasteiger partial charge in [0.05, 0.1) is 7.11 Å². The zero-order valence-electron chi connectivity index (χ0n) is 14.9. The molecule has 1 amide bonds. The van der Waals surface area contributed by atoms with Crippen molar-refractivity contribution >= 4 is 17.8 Å². The number of carbonyl (C=O) groups excluding carboxylic acids is 3.